The third-order valence-electron chi connectivity index (χ3n) is 3.25. The van der Waals surface area contributed by atoms with Crippen LogP contribution in [-0.2, 0) is 4.74 Å². The first-order chi connectivity index (χ1) is 8.18. The minimum Gasteiger partial charge on any atom is -0.379 e. The highest BCUT2D eigenvalue weighted by Gasteiger charge is 2.37. The lowest BCUT2D eigenvalue weighted by molar-refractivity contribution is 0.0945. The van der Waals surface area contributed by atoms with Crippen molar-refractivity contribution in [3.63, 3.8) is 0 Å². The number of ether oxygens (including phenoxy) is 1. The molecule has 1 atom stereocenters. The second kappa shape index (κ2) is 5.69. The van der Waals surface area contributed by atoms with Crippen LogP contribution in [0.2, 0.25) is 0 Å². The van der Waals surface area contributed by atoms with Crippen LogP contribution in [0.5, 0.6) is 0 Å². The monoisotopic (exact) mass is 241 g/mol. The van der Waals surface area contributed by atoms with Gasteiger partial charge in [0.15, 0.2) is 0 Å². The molecule has 0 aromatic rings. The maximum absolute atomic E-state index is 12.0. The summed E-state index contributed by atoms with van der Waals surface area (Å²) in [5.74, 6) is 0.555. The van der Waals surface area contributed by atoms with Gasteiger partial charge in [-0.15, -0.1) is 0 Å². The lowest BCUT2D eigenvalue weighted by atomic mass is 10.2. The number of hydrogen-bond donors (Lipinski definition) is 1. The van der Waals surface area contributed by atoms with E-state index >= 15 is 0 Å². The van der Waals surface area contributed by atoms with Gasteiger partial charge in [0.2, 0.25) is 0 Å². The summed E-state index contributed by atoms with van der Waals surface area (Å²) in [7, 11) is 0. The van der Waals surface area contributed by atoms with Crippen LogP contribution in [0.1, 0.15) is 13.8 Å². The van der Waals surface area contributed by atoms with Crippen LogP contribution in [0.3, 0.4) is 0 Å². The topological polar surface area (TPSA) is 44.8 Å². The molecule has 0 bridgehead atoms. The Labute approximate surface area is 103 Å². The van der Waals surface area contributed by atoms with Gasteiger partial charge in [0.25, 0.3) is 0 Å². The number of carbonyl (C=O) groups excluding carboxylic acids is 1. The third kappa shape index (κ3) is 3.10. The molecule has 2 rings (SSSR count). The minimum atomic E-state index is 0.185. The zero-order valence-corrected chi connectivity index (χ0v) is 10.8. The molecule has 5 nitrogen and oxygen atoms in total. The van der Waals surface area contributed by atoms with Crippen LogP contribution in [0, 0.1) is 5.92 Å². The van der Waals surface area contributed by atoms with Crippen LogP contribution in [0.15, 0.2) is 0 Å². The first-order valence-corrected chi connectivity index (χ1v) is 6.52. The van der Waals surface area contributed by atoms with Crippen LogP contribution in [0.4, 0.5) is 4.79 Å². The molecule has 2 fully saturated rings. The standard InChI is InChI=1S/C12H23N3O2/c1-10(2)9-17-6-5-14-8-11-7-13-3-4-15(11)12(14)16/h10-11,13H,3-9H2,1-2H3. The Hall–Kier alpha value is -0.810. The van der Waals surface area contributed by atoms with E-state index in [4.69, 9.17) is 4.74 Å². The van der Waals surface area contributed by atoms with Crippen molar-refractivity contribution in [1.29, 1.82) is 0 Å². The zero-order valence-electron chi connectivity index (χ0n) is 10.8. The highest BCUT2D eigenvalue weighted by molar-refractivity contribution is 5.77. The Balaban J connectivity index is 1.73. The van der Waals surface area contributed by atoms with Gasteiger partial charge in [0, 0.05) is 39.3 Å². The molecule has 0 spiro atoms. The Bertz CT molecular complexity index is 270. The number of urea groups is 1. The van der Waals surface area contributed by atoms with Crippen molar-refractivity contribution in [1.82, 2.24) is 15.1 Å². The summed E-state index contributed by atoms with van der Waals surface area (Å²) < 4.78 is 5.53. The molecule has 5 heteroatoms. The molecule has 0 aromatic heterocycles. The molecular weight excluding hydrogens is 218 g/mol. The molecule has 2 saturated heterocycles. The number of nitrogens with zero attached hydrogens (tertiary/aromatic N) is 2. The van der Waals surface area contributed by atoms with E-state index in [1.54, 1.807) is 0 Å². The SMILES string of the molecule is CC(C)COCCN1CC2CNCCN2C1=O. The Morgan fingerprint density at radius 3 is 3.06 bits per heavy atom. The fourth-order valence-electron chi connectivity index (χ4n) is 2.37. The Morgan fingerprint density at radius 1 is 1.53 bits per heavy atom. The lowest BCUT2D eigenvalue weighted by Crippen LogP contribution is -2.49. The van der Waals surface area contributed by atoms with Gasteiger partial charge >= 0.3 is 6.03 Å². The molecule has 2 aliphatic rings. The summed E-state index contributed by atoms with van der Waals surface area (Å²) in [6.07, 6.45) is 0. The van der Waals surface area contributed by atoms with E-state index in [1.165, 1.54) is 0 Å². The van der Waals surface area contributed by atoms with Crippen LogP contribution in [-0.4, -0.2) is 67.8 Å². The van der Waals surface area contributed by atoms with Crippen LogP contribution in [0.25, 0.3) is 0 Å². The van der Waals surface area contributed by atoms with Gasteiger partial charge in [-0.2, -0.15) is 0 Å². The van der Waals surface area contributed by atoms with Crippen molar-refractivity contribution in [2.24, 2.45) is 5.92 Å². The highest BCUT2D eigenvalue weighted by atomic mass is 16.5. The largest absolute Gasteiger partial charge is 0.379 e. The number of piperazine rings is 1. The molecule has 17 heavy (non-hydrogen) atoms. The maximum atomic E-state index is 12.0. The van der Waals surface area contributed by atoms with Crippen molar-refractivity contribution < 1.29 is 9.53 Å². The van der Waals surface area contributed by atoms with Crippen molar-refractivity contribution >= 4 is 6.03 Å². The van der Waals surface area contributed by atoms with E-state index in [0.29, 0.717) is 18.6 Å². The maximum Gasteiger partial charge on any atom is 0.320 e. The predicted molar refractivity (Wildman–Crippen MR) is 66.0 cm³/mol. The van der Waals surface area contributed by atoms with E-state index < -0.39 is 0 Å². The van der Waals surface area contributed by atoms with Crippen molar-refractivity contribution in [3.8, 4) is 0 Å². The molecule has 2 aliphatic heterocycles. The number of amides is 2. The van der Waals surface area contributed by atoms with E-state index in [9.17, 15) is 4.79 Å². The molecule has 0 aliphatic carbocycles. The third-order valence-corrected chi connectivity index (χ3v) is 3.25. The van der Waals surface area contributed by atoms with E-state index in [-0.39, 0.29) is 6.03 Å². The van der Waals surface area contributed by atoms with E-state index in [2.05, 4.69) is 19.2 Å². The summed E-state index contributed by atoms with van der Waals surface area (Å²) in [4.78, 5) is 15.9. The zero-order chi connectivity index (χ0) is 12.3. The van der Waals surface area contributed by atoms with Crippen molar-refractivity contribution in [2.45, 2.75) is 19.9 Å². The van der Waals surface area contributed by atoms with E-state index in [1.807, 2.05) is 9.80 Å². The first-order valence-electron chi connectivity index (χ1n) is 6.52. The summed E-state index contributed by atoms with van der Waals surface area (Å²) in [5.41, 5.74) is 0. The summed E-state index contributed by atoms with van der Waals surface area (Å²) in [6, 6.07) is 0.547. The molecule has 2 heterocycles. The highest BCUT2D eigenvalue weighted by Crippen LogP contribution is 2.16. The van der Waals surface area contributed by atoms with E-state index in [0.717, 1.165) is 39.3 Å². The molecule has 0 radical (unpaired) electrons. The quantitative estimate of drug-likeness (QED) is 0.707. The summed E-state index contributed by atoms with van der Waals surface area (Å²) in [6.45, 7) is 9.94. The normalized spacial score (nSPS) is 24.6. The average molecular weight is 241 g/mol. The Morgan fingerprint density at radius 2 is 2.35 bits per heavy atom. The number of hydrogen-bond acceptors (Lipinski definition) is 3. The fraction of sp³-hybridized carbons (Fsp3) is 0.917. The number of fused-ring (bicyclic) bond motifs is 1. The molecule has 2 amide bonds. The van der Waals surface area contributed by atoms with Crippen LogP contribution < -0.4 is 5.32 Å². The first kappa shape index (κ1) is 12.6. The lowest BCUT2D eigenvalue weighted by Gasteiger charge is -2.28. The second-order valence-corrected chi connectivity index (χ2v) is 5.25. The van der Waals surface area contributed by atoms with Gasteiger partial charge in [0.05, 0.1) is 12.6 Å². The van der Waals surface area contributed by atoms with Crippen molar-refractivity contribution in [3.05, 3.63) is 0 Å². The minimum absolute atomic E-state index is 0.185. The number of carbonyl (C=O) groups is 1. The Kier molecular flexibility index (Phi) is 4.23. The molecule has 1 unspecified atom stereocenters. The molecule has 0 aromatic carbocycles. The van der Waals surface area contributed by atoms with Crippen LogP contribution >= 0.6 is 0 Å². The van der Waals surface area contributed by atoms with Gasteiger partial charge in [-0.25, -0.2) is 4.79 Å². The molecule has 1 N–H and O–H groups in total. The summed E-state index contributed by atoms with van der Waals surface area (Å²) >= 11 is 0. The van der Waals surface area contributed by atoms with Gasteiger partial charge < -0.3 is 19.9 Å². The fourth-order valence-corrected chi connectivity index (χ4v) is 2.37. The second-order valence-electron chi connectivity index (χ2n) is 5.25. The smallest absolute Gasteiger partial charge is 0.320 e. The molecule has 0 saturated carbocycles. The predicted octanol–water partition coefficient (Wildman–Crippen LogP) is 0.368. The van der Waals surface area contributed by atoms with Gasteiger partial charge in [0.1, 0.15) is 0 Å². The average Bonchev–Trinajstić information content (AvgIpc) is 2.63. The number of nitrogens with one attached hydrogen (secondary N) is 1. The van der Waals surface area contributed by atoms with Crippen molar-refractivity contribution in [2.75, 3.05) is 45.9 Å². The molecular formula is C12H23N3O2. The van der Waals surface area contributed by atoms with Gasteiger partial charge in [-0.05, 0) is 5.92 Å². The molecule has 98 valence electrons. The van der Waals surface area contributed by atoms with Gasteiger partial charge in [-0.1, -0.05) is 13.8 Å². The summed E-state index contributed by atoms with van der Waals surface area (Å²) in [5, 5.41) is 3.33. The number of rotatable bonds is 5. The van der Waals surface area contributed by atoms with Gasteiger partial charge in [-0.3, -0.25) is 0 Å².